The Morgan fingerprint density at radius 3 is 3.05 bits per heavy atom. The molecule has 0 radical (unpaired) electrons. The zero-order chi connectivity index (χ0) is 14.1. The molecule has 0 amide bonds. The molecule has 0 aliphatic rings. The largest absolute Gasteiger partial charge is 0.466 e. The van der Waals surface area contributed by atoms with E-state index in [0.717, 1.165) is 25.9 Å². The summed E-state index contributed by atoms with van der Waals surface area (Å²) in [7, 11) is 0. The lowest BCUT2D eigenvalue weighted by Gasteiger charge is -2.02. The molecule has 4 nitrogen and oxygen atoms in total. The average molecular weight is 307 g/mol. The topological polar surface area (TPSA) is 52.1 Å². The van der Waals surface area contributed by atoms with Gasteiger partial charge in [-0.2, -0.15) is 0 Å². The molecule has 2 heterocycles. The Bertz CT molecular complexity index is 800. The van der Waals surface area contributed by atoms with Crippen molar-refractivity contribution in [2.45, 2.75) is 13.3 Å². The number of rotatable bonds is 3. The molecule has 0 aliphatic carbocycles. The lowest BCUT2D eigenvalue weighted by Crippen LogP contribution is -2.07. The molecular formula is C14H11ClN2O2S. The van der Waals surface area contributed by atoms with Gasteiger partial charge in [0, 0.05) is 10.1 Å². The fraction of sp³-hybridized carbons (Fsp3) is 0.214. The number of hydrogen-bond donors (Lipinski definition) is 0. The maximum Gasteiger partial charge on any atom is 0.310 e. The molecule has 3 rings (SSSR count). The molecule has 0 bridgehead atoms. The molecule has 0 saturated heterocycles. The van der Waals surface area contributed by atoms with Crippen molar-refractivity contribution in [2.75, 3.05) is 6.61 Å². The van der Waals surface area contributed by atoms with Crippen molar-refractivity contribution < 1.29 is 9.53 Å². The molecule has 0 saturated carbocycles. The summed E-state index contributed by atoms with van der Waals surface area (Å²) < 4.78 is 6.00. The minimum atomic E-state index is -0.217. The van der Waals surface area contributed by atoms with Gasteiger partial charge in [-0.05, 0) is 18.6 Å². The highest BCUT2D eigenvalue weighted by atomic mass is 35.5. The van der Waals surface area contributed by atoms with Gasteiger partial charge < -0.3 is 4.74 Å². The van der Waals surface area contributed by atoms with Crippen LogP contribution in [0, 0.1) is 0 Å². The molecule has 6 heteroatoms. The zero-order valence-electron chi connectivity index (χ0n) is 10.7. The molecule has 3 aromatic rings. The Balaban J connectivity index is 2.06. The first-order valence-corrected chi connectivity index (χ1v) is 7.35. The number of aromatic nitrogens is 2. The van der Waals surface area contributed by atoms with Crippen molar-refractivity contribution in [2.24, 2.45) is 0 Å². The van der Waals surface area contributed by atoms with Crippen molar-refractivity contribution >= 4 is 49.2 Å². The Labute approximate surface area is 124 Å². The summed E-state index contributed by atoms with van der Waals surface area (Å²) in [5.74, 6) is -0.217. The second kappa shape index (κ2) is 5.34. The molecule has 0 N–H and O–H groups in total. The summed E-state index contributed by atoms with van der Waals surface area (Å²) in [6.07, 6.45) is 1.73. The van der Waals surface area contributed by atoms with Gasteiger partial charge in [0.15, 0.2) is 0 Å². The van der Waals surface area contributed by atoms with Crippen LogP contribution in [0.1, 0.15) is 12.5 Å². The highest BCUT2D eigenvalue weighted by molar-refractivity contribution is 7.25. The van der Waals surface area contributed by atoms with Crippen LogP contribution >= 0.6 is 22.9 Å². The predicted molar refractivity (Wildman–Crippen MR) is 80.3 cm³/mol. The van der Waals surface area contributed by atoms with Crippen molar-refractivity contribution in [3.63, 3.8) is 0 Å². The van der Waals surface area contributed by atoms with Gasteiger partial charge in [0.25, 0.3) is 0 Å². The Kier molecular flexibility index (Phi) is 3.54. The van der Waals surface area contributed by atoms with Crippen LogP contribution < -0.4 is 0 Å². The van der Waals surface area contributed by atoms with Crippen LogP contribution in [0.2, 0.25) is 5.15 Å². The molecule has 20 heavy (non-hydrogen) atoms. The van der Waals surface area contributed by atoms with E-state index in [1.54, 1.807) is 18.3 Å². The van der Waals surface area contributed by atoms with Gasteiger partial charge in [-0.15, -0.1) is 11.3 Å². The van der Waals surface area contributed by atoms with Crippen LogP contribution in [-0.2, 0) is 16.0 Å². The van der Waals surface area contributed by atoms with Crippen LogP contribution in [0.3, 0.4) is 0 Å². The summed E-state index contributed by atoms with van der Waals surface area (Å²) in [4.78, 5) is 20.6. The number of nitrogens with zero attached hydrogens (tertiary/aromatic N) is 2. The van der Waals surface area contributed by atoms with E-state index in [2.05, 4.69) is 9.97 Å². The van der Waals surface area contributed by atoms with Gasteiger partial charge in [-0.25, -0.2) is 9.97 Å². The first kappa shape index (κ1) is 13.3. The van der Waals surface area contributed by atoms with Crippen LogP contribution in [0.25, 0.3) is 20.3 Å². The first-order valence-electron chi connectivity index (χ1n) is 6.16. The fourth-order valence-corrected chi connectivity index (χ4v) is 3.50. The zero-order valence-corrected chi connectivity index (χ0v) is 12.3. The number of carbonyl (C=O) groups excluding carboxylic acids is 1. The summed E-state index contributed by atoms with van der Waals surface area (Å²) >= 11 is 7.67. The van der Waals surface area contributed by atoms with Crippen molar-refractivity contribution in [3.05, 3.63) is 35.2 Å². The third kappa shape index (κ3) is 2.34. The monoisotopic (exact) mass is 306 g/mol. The van der Waals surface area contributed by atoms with Crippen LogP contribution in [0.4, 0.5) is 0 Å². The molecule has 0 aliphatic heterocycles. The maximum absolute atomic E-state index is 11.5. The second-order valence-corrected chi connectivity index (χ2v) is 5.65. The number of halogens is 1. The number of ether oxygens (including phenoxy) is 1. The molecule has 2 aromatic heterocycles. The number of thiophene rings is 1. The summed E-state index contributed by atoms with van der Waals surface area (Å²) in [6, 6.07) is 5.85. The summed E-state index contributed by atoms with van der Waals surface area (Å²) in [5.41, 5.74) is 0.923. The van der Waals surface area contributed by atoms with Crippen molar-refractivity contribution in [1.82, 2.24) is 9.97 Å². The summed E-state index contributed by atoms with van der Waals surface area (Å²) in [5, 5.41) is 2.35. The number of esters is 1. The normalized spacial score (nSPS) is 11.1. The molecule has 1 aromatic carbocycles. The van der Waals surface area contributed by atoms with Gasteiger partial charge in [-0.3, -0.25) is 4.79 Å². The van der Waals surface area contributed by atoms with Crippen LogP contribution in [0.15, 0.2) is 24.5 Å². The van der Waals surface area contributed by atoms with Crippen LogP contribution in [0.5, 0.6) is 0 Å². The van der Waals surface area contributed by atoms with Gasteiger partial charge >= 0.3 is 5.97 Å². The van der Waals surface area contributed by atoms with E-state index in [-0.39, 0.29) is 12.4 Å². The molecule has 0 spiro atoms. The molecular weight excluding hydrogens is 296 g/mol. The minimum Gasteiger partial charge on any atom is -0.466 e. The molecule has 0 atom stereocenters. The lowest BCUT2D eigenvalue weighted by atomic mass is 10.1. The number of benzene rings is 1. The SMILES string of the molecule is CCOC(=O)Cc1ccc2c(c1)sc1ncnc(Cl)c12. The van der Waals surface area contributed by atoms with E-state index in [9.17, 15) is 4.79 Å². The van der Waals surface area contributed by atoms with Gasteiger partial charge in [0.1, 0.15) is 16.3 Å². The van der Waals surface area contributed by atoms with Gasteiger partial charge in [-0.1, -0.05) is 23.7 Å². The van der Waals surface area contributed by atoms with Gasteiger partial charge in [0.2, 0.25) is 0 Å². The lowest BCUT2D eigenvalue weighted by molar-refractivity contribution is -0.142. The Morgan fingerprint density at radius 1 is 1.40 bits per heavy atom. The van der Waals surface area contributed by atoms with Crippen molar-refractivity contribution in [3.8, 4) is 0 Å². The molecule has 102 valence electrons. The molecule has 0 unspecified atom stereocenters. The molecule has 0 fully saturated rings. The third-order valence-corrected chi connectivity index (χ3v) is 4.29. The van der Waals surface area contributed by atoms with E-state index < -0.39 is 0 Å². The average Bonchev–Trinajstić information content (AvgIpc) is 2.77. The highest BCUT2D eigenvalue weighted by Crippen LogP contribution is 2.36. The van der Waals surface area contributed by atoms with Gasteiger partial charge in [0.05, 0.1) is 18.4 Å². The van der Waals surface area contributed by atoms with E-state index in [1.807, 2.05) is 18.2 Å². The van der Waals surface area contributed by atoms with E-state index in [1.165, 1.54) is 6.33 Å². The van der Waals surface area contributed by atoms with E-state index in [0.29, 0.717) is 11.8 Å². The number of hydrogen-bond acceptors (Lipinski definition) is 5. The van der Waals surface area contributed by atoms with Crippen molar-refractivity contribution in [1.29, 1.82) is 0 Å². The smallest absolute Gasteiger partial charge is 0.310 e. The highest BCUT2D eigenvalue weighted by Gasteiger charge is 2.12. The Hall–Kier alpha value is -1.72. The quantitative estimate of drug-likeness (QED) is 0.548. The number of carbonyl (C=O) groups is 1. The third-order valence-electron chi connectivity index (χ3n) is 2.94. The number of fused-ring (bicyclic) bond motifs is 3. The van der Waals surface area contributed by atoms with Crippen LogP contribution in [-0.4, -0.2) is 22.5 Å². The fourth-order valence-electron chi connectivity index (χ4n) is 2.10. The standard InChI is InChI=1S/C14H11ClN2O2S/c1-2-19-11(18)6-8-3-4-9-10(5-8)20-14-12(9)13(15)16-7-17-14/h3-5,7H,2,6H2,1H3. The van der Waals surface area contributed by atoms with E-state index >= 15 is 0 Å². The Morgan fingerprint density at radius 2 is 2.25 bits per heavy atom. The summed E-state index contributed by atoms with van der Waals surface area (Å²) in [6.45, 7) is 2.20. The minimum absolute atomic E-state index is 0.217. The van der Waals surface area contributed by atoms with E-state index in [4.69, 9.17) is 16.3 Å². The first-order chi connectivity index (χ1) is 9.69. The second-order valence-electron chi connectivity index (χ2n) is 4.26. The predicted octanol–water partition coefficient (Wildman–Crippen LogP) is 3.60. The maximum atomic E-state index is 11.5.